The van der Waals surface area contributed by atoms with Gasteiger partial charge >= 0.3 is 12.1 Å². The first-order chi connectivity index (χ1) is 9.09. The van der Waals surface area contributed by atoms with Crippen molar-refractivity contribution in [1.29, 1.82) is 0 Å². The van der Waals surface area contributed by atoms with Crippen LogP contribution in [-0.4, -0.2) is 33.2 Å². The van der Waals surface area contributed by atoms with Crippen molar-refractivity contribution in [2.45, 2.75) is 13.0 Å². The van der Waals surface area contributed by atoms with E-state index in [1.165, 1.54) is 9.47 Å². The van der Waals surface area contributed by atoms with Crippen molar-refractivity contribution in [2.75, 3.05) is 6.54 Å². The van der Waals surface area contributed by atoms with E-state index in [1.54, 1.807) is 0 Å². The van der Waals surface area contributed by atoms with Gasteiger partial charge in [-0.05, 0) is 18.1 Å². The highest BCUT2D eigenvalue weighted by Crippen LogP contribution is 2.30. The molecule has 6 heteroatoms. The van der Waals surface area contributed by atoms with Crippen molar-refractivity contribution >= 4 is 23.0 Å². The first-order valence-electron chi connectivity index (χ1n) is 5.98. The van der Waals surface area contributed by atoms with Crippen LogP contribution >= 0.6 is 0 Å². The van der Waals surface area contributed by atoms with E-state index in [0.717, 1.165) is 16.5 Å². The molecule has 0 aliphatic carbocycles. The Morgan fingerprint density at radius 3 is 2.68 bits per heavy atom. The number of carboxylic acid groups (broad SMARTS) is 1. The normalized spacial score (nSPS) is 14.4. The molecular weight excluding hydrogens is 246 g/mol. The van der Waals surface area contributed by atoms with E-state index in [2.05, 4.69) is 0 Å². The molecule has 0 unspecified atom stereocenters. The number of fused-ring (bicyclic) bond motifs is 3. The lowest BCUT2D eigenvalue weighted by molar-refractivity contribution is 0.139. The second-order valence-corrected chi connectivity index (χ2v) is 4.57. The maximum absolute atomic E-state index is 11.6. The lowest BCUT2D eigenvalue weighted by Gasteiger charge is -2.25. The minimum absolute atomic E-state index is 0.197. The Labute approximate surface area is 109 Å². The van der Waals surface area contributed by atoms with E-state index in [-0.39, 0.29) is 6.54 Å². The standard InChI is InChI=1S/C13H13N3O3/c14-12(17)16-10-4-2-1-3-8(10)9-5-6-15(13(18)19)7-11(9)16/h1-4H,5-7H2,(H2,14,17)(H,18,19). The summed E-state index contributed by atoms with van der Waals surface area (Å²) >= 11 is 0. The summed E-state index contributed by atoms with van der Waals surface area (Å²) in [5.41, 5.74) is 7.87. The Morgan fingerprint density at radius 1 is 1.26 bits per heavy atom. The van der Waals surface area contributed by atoms with E-state index in [0.29, 0.717) is 18.7 Å². The molecule has 6 nitrogen and oxygen atoms in total. The number of benzene rings is 1. The van der Waals surface area contributed by atoms with Gasteiger partial charge in [0.2, 0.25) is 0 Å². The largest absolute Gasteiger partial charge is 0.465 e. The summed E-state index contributed by atoms with van der Waals surface area (Å²) in [6.07, 6.45) is -0.380. The van der Waals surface area contributed by atoms with Crippen LogP contribution in [0.2, 0.25) is 0 Å². The fourth-order valence-corrected chi connectivity index (χ4v) is 2.73. The van der Waals surface area contributed by atoms with Gasteiger partial charge in [0.25, 0.3) is 0 Å². The molecule has 3 rings (SSSR count). The average molecular weight is 259 g/mol. The number of carbonyl (C=O) groups is 2. The van der Waals surface area contributed by atoms with E-state index >= 15 is 0 Å². The molecule has 2 amide bonds. The number of para-hydroxylation sites is 1. The summed E-state index contributed by atoms with van der Waals surface area (Å²) < 4.78 is 1.42. The summed E-state index contributed by atoms with van der Waals surface area (Å²) in [4.78, 5) is 24.0. The second kappa shape index (κ2) is 4.01. The Hall–Kier alpha value is -2.50. The molecule has 1 aliphatic heterocycles. The highest BCUT2D eigenvalue weighted by molar-refractivity contribution is 5.95. The molecule has 0 fully saturated rings. The number of hydrogen-bond acceptors (Lipinski definition) is 2. The molecular formula is C13H13N3O3. The monoisotopic (exact) mass is 259 g/mol. The first-order valence-corrected chi connectivity index (χ1v) is 5.98. The number of primary amides is 1. The molecule has 2 aromatic rings. The number of hydrogen-bond donors (Lipinski definition) is 2. The number of carbonyl (C=O) groups excluding carboxylic acids is 1. The predicted molar refractivity (Wildman–Crippen MR) is 69.1 cm³/mol. The fraction of sp³-hybridized carbons (Fsp3) is 0.231. The molecule has 0 bridgehead atoms. The summed E-state index contributed by atoms with van der Waals surface area (Å²) in [5, 5.41) is 10.0. The molecule has 0 spiro atoms. The zero-order chi connectivity index (χ0) is 13.6. The van der Waals surface area contributed by atoms with E-state index in [9.17, 15) is 9.59 Å². The van der Waals surface area contributed by atoms with Crippen molar-refractivity contribution < 1.29 is 14.7 Å². The Bertz CT molecular complexity index is 690. The van der Waals surface area contributed by atoms with Crippen LogP contribution in [-0.2, 0) is 13.0 Å². The summed E-state index contributed by atoms with van der Waals surface area (Å²) in [5.74, 6) is 0. The molecule has 0 atom stereocenters. The van der Waals surface area contributed by atoms with Gasteiger partial charge in [0, 0.05) is 11.9 Å². The topological polar surface area (TPSA) is 88.6 Å². The van der Waals surface area contributed by atoms with Crippen LogP contribution < -0.4 is 5.73 Å². The first kappa shape index (κ1) is 11.6. The number of aromatic nitrogens is 1. The van der Waals surface area contributed by atoms with Gasteiger partial charge in [-0.3, -0.25) is 4.57 Å². The van der Waals surface area contributed by atoms with Gasteiger partial charge in [-0.25, -0.2) is 9.59 Å². The van der Waals surface area contributed by atoms with Gasteiger partial charge < -0.3 is 15.7 Å². The number of amides is 2. The fourth-order valence-electron chi connectivity index (χ4n) is 2.73. The van der Waals surface area contributed by atoms with Crippen LogP contribution in [0, 0.1) is 0 Å². The average Bonchev–Trinajstić information content (AvgIpc) is 2.72. The number of rotatable bonds is 0. The van der Waals surface area contributed by atoms with Crippen LogP contribution in [0.25, 0.3) is 10.9 Å². The highest BCUT2D eigenvalue weighted by atomic mass is 16.4. The lowest BCUT2D eigenvalue weighted by Crippen LogP contribution is -2.36. The summed E-state index contributed by atoms with van der Waals surface area (Å²) in [6, 6.07) is 6.91. The summed E-state index contributed by atoms with van der Waals surface area (Å²) in [7, 11) is 0. The highest BCUT2D eigenvalue weighted by Gasteiger charge is 2.27. The van der Waals surface area contributed by atoms with Gasteiger partial charge in [0.1, 0.15) is 0 Å². The summed E-state index contributed by atoms with van der Waals surface area (Å²) in [6.45, 7) is 0.636. The molecule has 19 heavy (non-hydrogen) atoms. The van der Waals surface area contributed by atoms with Crippen LogP contribution in [0.1, 0.15) is 11.3 Å². The third-order valence-electron chi connectivity index (χ3n) is 3.55. The van der Waals surface area contributed by atoms with Crippen LogP contribution in [0.5, 0.6) is 0 Å². The molecule has 3 N–H and O–H groups in total. The molecule has 1 aromatic heterocycles. The Balaban J connectivity index is 2.25. The number of nitrogens with zero attached hydrogens (tertiary/aromatic N) is 2. The van der Waals surface area contributed by atoms with Crippen molar-refractivity contribution in [3.8, 4) is 0 Å². The van der Waals surface area contributed by atoms with Gasteiger partial charge in [-0.1, -0.05) is 18.2 Å². The molecule has 0 radical (unpaired) electrons. The SMILES string of the molecule is NC(=O)n1c2c(c3ccccc31)CCN(C(=O)O)C2. The molecule has 0 saturated carbocycles. The zero-order valence-corrected chi connectivity index (χ0v) is 10.2. The molecule has 1 aromatic carbocycles. The maximum Gasteiger partial charge on any atom is 0.407 e. The van der Waals surface area contributed by atoms with Crippen molar-refractivity contribution in [3.63, 3.8) is 0 Å². The van der Waals surface area contributed by atoms with Gasteiger partial charge in [-0.15, -0.1) is 0 Å². The lowest BCUT2D eigenvalue weighted by atomic mass is 10.0. The Morgan fingerprint density at radius 2 is 2.00 bits per heavy atom. The minimum atomic E-state index is -0.980. The van der Waals surface area contributed by atoms with Crippen LogP contribution in [0.3, 0.4) is 0 Å². The minimum Gasteiger partial charge on any atom is -0.465 e. The Kier molecular flexibility index (Phi) is 2.45. The maximum atomic E-state index is 11.6. The molecule has 98 valence electrons. The van der Waals surface area contributed by atoms with Crippen molar-refractivity contribution in [1.82, 2.24) is 9.47 Å². The van der Waals surface area contributed by atoms with Crippen molar-refractivity contribution in [2.24, 2.45) is 5.73 Å². The molecule has 1 aliphatic rings. The van der Waals surface area contributed by atoms with E-state index < -0.39 is 12.1 Å². The molecule has 2 heterocycles. The third kappa shape index (κ3) is 1.64. The van der Waals surface area contributed by atoms with Gasteiger partial charge in [0.15, 0.2) is 0 Å². The smallest absolute Gasteiger partial charge is 0.407 e. The zero-order valence-electron chi connectivity index (χ0n) is 10.2. The third-order valence-corrected chi connectivity index (χ3v) is 3.55. The van der Waals surface area contributed by atoms with Crippen molar-refractivity contribution in [3.05, 3.63) is 35.5 Å². The second-order valence-electron chi connectivity index (χ2n) is 4.57. The van der Waals surface area contributed by atoms with Gasteiger partial charge in [0.05, 0.1) is 17.8 Å². The van der Waals surface area contributed by atoms with Crippen LogP contribution in [0.15, 0.2) is 24.3 Å². The predicted octanol–water partition coefficient (Wildman–Crippen LogP) is 1.60. The number of nitrogens with two attached hydrogens (primary N) is 1. The molecule has 0 saturated heterocycles. The van der Waals surface area contributed by atoms with E-state index in [1.807, 2.05) is 24.3 Å². The van der Waals surface area contributed by atoms with Crippen LogP contribution in [0.4, 0.5) is 9.59 Å². The van der Waals surface area contributed by atoms with E-state index in [4.69, 9.17) is 10.8 Å². The quantitative estimate of drug-likeness (QED) is 0.753. The van der Waals surface area contributed by atoms with Gasteiger partial charge in [-0.2, -0.15) is 0 Å².